The van der Waals surface area contributed by atoms with Gasteiger partial charge in [0.2, 0.25) is 6.29 Å². The van der Waals surface area contributed by atoms with E-state index in [1.165, 1.54) is 6.92 Å². The lowest BCUT2D eigenvalue weighted by atomic mass is 9.78. The third kappa shape index (κ3) is 16.7. The minimum absolute atomic E-state index is 0.0384. The van der Waals surface area contributed by atoms with Crippen LogP contribution in [-0.2, 0) is 87.1 Å². The molecule has 0 aromatic heterocycles. The van der Waals surface area contributed by atoms with Crippen molar-refractivity contribution >= 4 is 11.9 Å². The lowest BCUT2D eigenvalue weighted by Crippen LogP contribution is -2.69. The molecule has 2 aliphatic rings. The summed E-state index contributed by atoms with van der Waals surface area (Å²) in [6.07, 6.45) is -10.8. The van der Waals surface area contributed by atoms with E-state index in [1.54, 1.807) is 13.1 Å². The quantitative estimate of drug-likeness (QED) is 0.0469. The molecule has 1 amide bonds. The number of benzene rings is 8. The number of carbonyl (C=O) groups excluding carboxylic acids is 2. The highest BCUT2D eigenvalue weighted by Crippen LogP contribution is 2.41. The van der Waals surface area contributed by atoms with E-state index >= 15 is 0 Å². The standard InChI is InChI=1S/C71H73NO13/c1-49(73)77-48-61-64(78-42-51-24-11-4-12-25-51)62(66(80-44-53-28-15-6-16-29-53)71(85-61)83-59-38-36-56(37-39-59)57-34-21-35-58(40-57)70(75)72-2)63(74)67-69(82-46-55-32-19-8-20-33-55)68(81-45-54-30-17-7-18-31-54)65(79-43-52-26-13-5-14-27-52)60(84-67)47-76-41-50-22-9-3-10-23-50/h3-40,60-69,71,74H,41-48H2,1-2H3,(H,72,75)/t60-,61-,62+,63-,64-,65-,66+,67-,68+,69-,71+/m1/s1. The van der Waals surface area contributed by atoms with E-state index < -0.39 is 73.1 Å². The number of aliphatic hydroxyl groups is 1. The number of amides is 1. The zero-order valence-corrected chi connectivity index (χ0v) is 47.8. The van der Waals surface area contributed by atoms with Gasteiger partial charge in [0.25, 0.3) is 5.91 Å². The number of ether oxygens (including phenoxy) is 10. The van der Waals surface area contributed by atoms with E-state index in [1.807, 2.05) is 224 Å². The van der Waals surface area contributed by atoms with E-state index in [4.69, 9.17) is 47.4 Å². The van der Waals surface area contributed by atoms with Crippen molar-refractivity contribution in [1.82, 2.24) is 5.32 Å². The molecule has 0 radical (unpaired) electrons. The van der Waals surface area contributed by atoms with Crippen LogP contribution in [0.5, 0.6) is 5.75 Å². The Morgan fingerprint density at radius 3 is 1.38 bits per heavy atom. The molecule has 14 heteroatoms. The summed E-state index contributed by atoms with van der Waals surface area (Å²) in [5, 5.41) is 16.8. The predicted octanol–water partition coefficient (Wildman–Crippen LogP) is 11.3. The van der Waals surface area contributed by atoms with E-state index in [9.17, 15) is 14.7 Å². The number of aliphatic hydroxyl groups excluding tert-OH is 1. The van der Waals surface area contributed by atoms with Crippen molar-refractivity contribution in [3.05, 3.63) is 269 Å². The van der Waals surface area contributed by atoms with Crippen LogP contribution in [-0.4, -0.2) is 98.5 Å². The fourth-order valence-electron chi connectivity index (χ4n) is 10.9. The van der Waals surface area contributed by atoms with Crippen LogP contribution >= 0.6 is 0 Å². The van der Waals surface area contributed by atoms with Crippen LogP contribution in [0.25, 0.3) is 11.1 Å². The van der Waals surface area contributed by atoms with Gasteiger partial charge in [-0.3, -0.25) is 9.59 Å². The van der Waals surface area contributed by atoms with Crippen LogP contribution in [0.3, 0.4) is 0 Å². The highest BCUT2D eigenvalue weighted by Gasteiger charge is 2.58. The maximum Gasteiger partial charge on any atom is 0.302 e. The summed E-state index contributed by atoms with van der Waals surface area (Å²) in [7, 11) is 1.60. The Hall–Kier alpha value is -7.86. The highest BCUT2D eigenvalue weighted by atomic mass is 16.7. The Balaban J connectivity index is 1.09. The van der Waals surface area contributed by atoms with Gasteiger partial charge in [0.05, 0.1) is 58.5 Å². The van der Waals surface area contributed by atoms with Gasteiger partial charge in [-0.1, -0.05) is 206 Å². The van der Waals surface area contributed by atoms with Crippen molar-refractivity contribution in [3.63, 3.8) is 0 Å². The lowest BCUT2D eigenvalue weighted by molar-refractivity contribution is -0.325. The van der Waals surface area contributed by atoms with Gasteiger partial charge in [-0.25, -0.2) is 0 Å². The van der Waals surface area contributed by atoms with Crippen molar-refractivity contribution in [2.75, 3.05) is 20.3 Å². The van der Waals surface area contributed by atoms with Gasteiger partial charge < -0.3 is 57.8 Å². The Bertz CT molecular complexity index is 3250. The molecule has 2 saturated heterocycles. The zero-order chi connectivity index (χ0) is 58.6. The van der Waals surface area contributed by atoms with Gasteiger partial charge in [-0.05, 0) is 68.8 Å². The number of hydrogen-bond acceptors (Lipinski definition) is 13. The molecular formula is C71H73NO13. The molecule has 0 spiro atoms. The molecule has 2 heterocycles. The molecule has 8 aromatic carbocycles. The van der Waals surface area contributed by atoms with Gasteiger partial charge in [0.1, 0.15) is 55.1 Å². The lowest BCUT2D eigenvalue weighted by Gasteiger charge is -2.52. The third-order valence-corrected chi connectivity index (χ3v) is 15.2. The summed E-state index contributed by atoms with van der Waals surface area (Å²) >= 11 is 0. The van der Waals surface area contributed by atoms with Crippen LogP contribution in [0, 0.1) is 5.92 Å². The Labute approximate surface area is 497 Å². The number of esters is 1. The summed E-state index contributed by atoms with van der Waals surface area (Å²) in [6.45, 7) is 2.03. The van der Waals surface area contributed by atoms with Gasteiger partial charge in [-0.15, -0.1) is 0 Å². The molecule has 10 rings (SSSR count). The molecule has 85 heavy (non-hydrogen) atoms. The van der Waals surface area contributed by atoms with Crippen LogP contribution in [0.1, 0.15) is 50.7 Å². The molecule has 440 valence electrons. The average molecular weight is 1150 g/mol. The smallest absolute Gasteiger partial charge is 0.302 e. The van der Waals surface area contributed by atoms with Crippen LogP contribution < -0.4 is 10.1 Å². The summed E-state index contributed by atoms with van der Waals surface area (Å²) in [5.41, 5.74) is 7.58. The second-order valence-corrected chi connectivity index (χ2v) is 21.2. The SMILES string of the molecule is CNC(=O)c1cccc(-c2ccc(O[C@H]3O[C@H](COC(C)=O)[C@@H](OCc4ccccc4)[C@H]([C@@H](O)[C@H]4O[C@H](COCc5ccccc5)[C@@H](OCc5ccccc5)[C@H](OCc5ccccc5)[C@@H]4OCc4ccccc4)[C@@H]3OCc3ccccc3)cc2)c1. The first kappa shape index (κ1) is 60.3. The molecule has 11 atom stereocenters. The molecule has 8 aromatic rings. The van der Waals surface area contributed by atoms with E-state index in [0.717, 1.165) is 44.5 Å². The fraction of sp³-hybridized carbons (Fsp3) is 0.296. The number of carbonyl (C=O) groups is 2. The zero-order valence-electron chi connectivity index (χ0n) is 47.8. The second-order valence-electron chi connectivity index (χ2n) is 21.2. The first-order valence-electron chi connectivity index (χ1n) is 28.9. The fourth-order valence-corrected chi connectivity index (χ4v) is 10.9. The summed E-state index contributed by atoms with van der Waals surface area (Å²) in [5.74, 6) is -1.40. The van der Waals surface area contributed by atoms with E-state index in [2.05, 4.69) is 5.32 Å². The number of nitrogens with one attached hydrogen (secondary N) is 1. The number of hydrogen-bond donors (Lipinski definition) is 2. The summed E-state index contributed by atoms with van der Waals surface area (Å²) in [6, 6.07) is 73.6. The predicted molar refractivity (Wildman–Crippen MR) is 321 cm³/mol. The van der Waals surface area contributed by atoms with Gasteiger partial charge >= 0.3 is 5.97 Å². The molecule has 0 aliphatic carbocycles. The Morgan fingerprint density at radius 1 is 0.459 bits per heavy atom. The largest absolute Gasteiger partial charge is 0.463 e. The average Bonchev–Trinajstić information content (AvgIpc) is 2.38. The molecule has 2 N–H and O–H groups in total. The van der Waals surface area contributed by atoms with Crippen LogP contribution in [0.2, 0.25) is 0 Å². The molecule has 0 saturated carbocycles. The monoisotopic (exact) mass is 1150 g/mol. The van der Waals surface area contributed by atoms with Gasteiger partial charge in [0, 0.05) is 25.5 Å². The van der Waals surface area contributed by atoms with E-state index in [0.29, 0.717) is 11.3 Å². The van der Waals surface area contributed by atoms with Crippen LogP contribution in [0.15, 0.2) is 231 Å². The van der Waals surface area contributed by atoms with Gasteiger partial charge in [-0.2, -0.15) is 0 Å². The van der Waals surface area contributed by atoms with Crippen molar-refractivity contribution < 1.29 is 62.1 Å². The molecule has 2 fully saturated rings. The van der Waals surface area contributed by atoms with Crippen molar-refractivity contribution in [1.29, 1.82) is 0 Å². The molecular weight excluding hydrogens is 1070 g/mol. The minimum Gasteiger partial charge on any atom is -0.463 e. The molecule has 14 nitrogen and oxygen atoms in total. The van der Waals surface area contributed by atoms with Crippen molar-refractivity contribution in [3.8, 4) is 16.9 Å². The van der Waals surface area contributed by atoms with Gasteiger partial charge in [0.15, 0.2) is 0 Å². The third-order valence-electron chi connectivity index (χ3n) is 15.2. The summed E-state index contributed by atoms with van der Waals surface area (Å²) < 4.78 is 69.2. The number of rotatable bonds is 27. The first-order valence-corrected chi connectivity index (χ1v) is 28.9. The maximum atomic E-state index is 14.1. The molecule has 2 aliphatic heterocycles. The molecule has 0 unspecified atom stereocenters. The maximum absolute atomic E-state index is 14.1. The first-order chi connectivity index (χ1) is 41.8. The van der Waals surface area contributed by atoms with Crippen LogP contribution in [0.4, 0.5) is 0 Å². The summed E-state index contributed by atoms with van der Waals surface area (Å²) in [4.78, 5) is 25.5. The van der Waals surface area contributed by atoms with E-state index in [-0.39, 0.29) is 58.8 Å². The molecule has 0 bridgehead atoms. The highest BCUT2D eigenvalue weighted by molar-refractivity contribution is 5.95. The van der Waals surface area contributed by atoms with Crippen molar-refractivity contribution in [2.45, 2.75) is 108 Å². The van der Waals surface area contributed by atoms with Crippen molar-refractivity contribution in [2.24, 2.45) is 5.92 Å². The minimum atomic E-state index is -1.53. The Morgan fingerprint density at radius 2 is 0.894 bits per heavy atom. The topological polar surface area (TPSA) is 159 Å². The Kier molecular flexibility index (Phi) is 21.8. The normalized spacial score (nSPS) is 22.4. The second kappa shape index (κ2) is 30.8.